The van der Waals surface area contributed by atoms with Gasteiger partial charge in [-0.3, -0.25) is 4.79 Å². The molecule has 0 saturated heterocycles. The molecule has 1 aromatic rings. The summed E-state index contributed by atoms with van der Waals surface area (Å²) in [5.41, 5.74) is 8.37. The Bertz CT molecular complexity index is 571. The molecular weight excluding hydrogens is 268 g/mol. The number of esters is 1. The number of fused-ring (bicyclic) bond motifs is 1. The standard InChI is InChI=1S/C16H22N2O3/c1-5-21-16(20)12-6-7-14-13(8-12)15(17)9(2)10(3)18(14)11(4)19/h6-10,15H,5,17H2,1-4H3. The Morgan fingerprint density at radius 3 is 2.57 bits per heavy atom. The zero-order chi connectivity index (χ0) is 15.7. The van der Waals surface area contributed by atoms with Gasteiger partial charge >= 0.3 is 5.97 Å². The quantitative estimate of drug-likeness (QED) is 0.848. The first kappa shape index (κ1) is 15.5. The summed E-state index contributed by atoms with van der Waals surface area (Å²) in [5.74, 6) is -0.279. The second kappa shape index (κ2) is 5.85. The fourth-order valence-corrected chi connectivity index (χ4v) is 2.88. The van der Waals surface area contributed by atoms with Gasteiger partial charge < -0.3 is 15.4 Å². The largest absolute Gasteiger partial charge is 0.462 e. The first-order valence-electron chi connectivity index (χ1n) is 7.24. The van der Waals surface area contributed by atoms with Crippen molar-refractivity contribution in [2.45, 2.75) is 39.8 Å². The zero-order valence-corrected chi connectivity index (χ0v) is 12.9. The lowest BCUT2D eigenvalue weighted by Crippen LogP contribution is -2.48. The summed E-state index contributed by atoms with van der Waals surface area (Å²) in [7, 11) is 0. The number of ether oxygens (including phenoxy) is 1. The number of nitrogens with two attached hydrogens (primary N) is 1. The third kappa shape index (κ3) is 2.65. The van der Waals surface area contributed by atoms with E-state index in [1.165, 1.54) is 0 Å². The lowest BCUT2D eigenvalue weighted by atomic mass is 9.83. The highest BCUT2D eigenvalue weighted by molar-refractivity contribution is 5.96. The molecule has 5 heteroatoms. The van der Waals surface area contributed by atoms with E-state index in [1.807, 2.05) is 13.8 Å². The summed E-state index contributed by atoms with van der Waals surface area (Å²) in [6.45, 7) is 7.65. The van der Waals surface area contributed by atoms with Gasteiger partial charge in [-0.25, -0.2) is 4.79 Å². The van der Waals surface area contributed by atoms with E-state index in [-0.39, 0.29) is 29.9 Å². The van der Waals surface area contributed by atoms with E-state index in [2.05, 4.69) is 0 Å². The molecule has 1 amide bonds. The molecule has 21 heavy (non-hydrogen) atoms. The van der Waals surface area contributed by atoms with Crippen molar-refractivity contribution in [1.82, 2.24) is 0 Å². The average molecular weight is 290 g/mol. The van der Waals surface area contributed by atoms with Crippen LogP contribution < -0.4 is 10.6 Å². The molecule has 3 unspecified atom stereocenters. The van der Waals surface area contributed by atoms with Gasteiger partial charge in [0.15, 0.2) is 0 Å². The number of hydrogen-bond acceptors (Lipinski definition) is 4. The number of rotatable bonds is 2. The van der Waals surface area contributed by atoms with Gasteiger partial charge in [0.05, 0.1) is 12.2 Å². The Balaban J connectivity index is 2.50. The van der Waals surface area contributed by atoms with Crippen molar-refractivity contribution in [1.29, 1.82) is 0 Å². The van der Waals surface area contributed by atoms with Crippen LogP contribution in [0.5, 0.6) is 0 Å². The summed E-state index contributed by atoms with van der Waals surface area (Å²) in [5, 5.41) is 0. The topological polar surface area (TPSA) is 72.6 Å². The van der Waals surface area contributed by atoms with E-state index in [9.17, 15) is 9.59 Å². The number of nitrogens with zero attached hydrogens (tertiary/aromatic N) is 1. The predicted octanol–water partition coefficient (Wildman–Crippen LogP) is 2.25. The molecule has 3 atom stereocenters. The summed E-state index contributed by atoms with van der Waals surface area (Å²) in [4.78, 5) is 25.5. The zero-order valence-electron chi connectivity index (χ0n) is 12.9. The van der Waals surface area contributed by atoms with Crippen LogP contribution in [0.3, 0.4) is 0 Å². The van der Waals surface area contributed by atoms with Crippen molar-refractivity contribution >= 4 is 17.6 Å². The second-order valence-corrected chi connectivity index (χ2v) is 5.51. The van der Waals surface area contributed by atoms with Crippen LogP contribution in [0.15, 0.2) is 18.2 Å². The summed E-state index contributed by atoms with van der Waals surface area (Å²) in [6.07, 6.45) is 0. The SMILES string of the molecule is CCOC(=O)c1ccc2c(c1)C(N)C(C)C(C)N2C(C)=O. The molecule has 1 aromatic carbocycles. The van der Waals surface area contributed by atoms with Crippen molar-refractivity contribution < 1.29 is 14.3 Å². The molecule has 1 aliphatic heterocycles. The van der Waals surface area contributed by atoms with E-state index in [0.29, 0.717) is 12.2 Å². The third-order valence-corrected chi connectivity index (χ3v) is 4.23. The fourth-order valence-electron chi connectivity index (χ4n) is 2.88. The molecule has 0 saturated carbocycles. The lowest BCUT2D eigenvalue weighted by molar-refractivity contribution is -0.117. The van der Waals surface area contributed by atoms with Crippen molar-refractivity contribution in [3.05, 3.63) is 29.3 Å². The molecule has 0 aliphatic carbocycles. The number of carbonyl (C=O) groups is 2. The van der Waals surface area contributed by atoms with Gasteiger partial charge in [-0.15, -0.1) is 0 Å². The maximum Gasteiger partial charge on any atom is 0.338 e. The van der Waals surface area contributed by atoms with Gasteiger partial charge in [0, 0.05) is 24.7 Å². The van der Waals surface area contributed by atoms with Gasteiger partial charge in [0.2, 0.25) is 5.91 Å². The predicted molar refractivity (Wildman–Crippen MR) is 81.1 cm³/mol. The van der Waals surface area contributed by atoms with Crippen LogP contribution >= 0.6 is 0 Å². The average Bonchev–Trinajstić information content (AvgIpc) is 2.44. The van der Waals surface area contributed by atoms with E-state index in [1.54, 1.807) is 36.9 Å². The molecule has 5 nitrogen and oxygen atoms in total. The first-order valence-corrected chi connectivity index (χ1v) is 7.24. The molecule has 0 aromatic heterocycles. The van der Waals surface area contributed by atoms with Crippen LogP contribution in [0.1, 0.15) is 49.7 Å². The number of amides is 1. The highest BCUT2D eigenvalue weighted by Gasteiger charge is 2.36. The normalized spacial score (nSPS) is 24.4. The maximum absolute atomic E-state index is 11.9. The minimum absolute atomic E-state index is 0.0219. The van der Waals surface area contributed by atoms with Crippen LogP contribution in [0.4, 0.5) is 5.69 Å². The molecule has 0 bridgehead atoms. The minimum Gasteiger partial charge on any atom is -0.462 e. The van der Waals surface area contributed by atoms with E-state index >= 15 is 0 Å². The molecule has 0 radical (unpaired) electrons. The monoisotopic (exact) mass is 290 g/mol. The van der Waals surface area contributed by atoms with Gasteiger partial charge in [-0.2, -0.15) is 0 Å². The summed E-state index contributed by atoms with van der Waals surface area (Å²) >= 11 is 0. The lowest BCUT2D eigenvalue weighted by Gasteiger charge is -2.42. The summed E-state index contributed by atoms with van der Waals surface area (Å²) < 4.78 is 5.02. The molecular formula is C16H22N2O3. The van der Waals surface area contributed by atoms with Crippen LogP contribution in [-0.2, 0) is 9.53 Å². The molecule has 1 aliphatic rings. The van der Waals surface area contributed by atoms with Crippen molar-refractivity contribution in [2.75, 3.05) is 11.5 Å². The number of benzene rings is 1. The van der Waals surface area contributed by atoms with Crippen LogP contribution in [0.2, 0.25) is 0 Å². The fraction of sp³-hybridized carbons (Fsp3) is 0.500. The smallest absolute Gasteiger partial charge is 0.338 e. The highest BCUT2D eigenvalue weighted by Crippen LogP contribution is 2.39. The second-order valence-electron chi connectivity index (χ2n) is 5.51. The van der Waals surface area contributed by atoms with Gasteiger partial charge in [0.25, 0.3) is 0 Å². The van der Waals surface area contributed by atoms with E-state index in [4.69, 9.17) is 10.5 Å². The van der Waals surface area contributed by atoms with Crippen LogP contribution in [0, 0.1) is 5.92 Å². The first-order chi connectivity index (χ1) is 9.88. The van der Waals surface area contributed by atoms with Crippen LogP contribution in [0.25, 0.3) is 0 Å². The summed E-state index contributed by atoms with van der Waals surface area (Å²) in [6, 6.07) is 5.03. The minimum atomic E-state index is -0.367. The Hall–Kier alpha value is -1.88. The van der Waals surface area contributed by atoms with Crippen molar-refractivity contribution in [2.24, 2.45) is 11.7 Å². The van der Waals surface area contributed by atoms with Gasteiger partial charge in [0.1, 0.15) is 0 Å². The van der Waals surface area contributed by atoms with Gasteiger partial charge in [-0.1, -0.05) is 6.92 Å². The maximum atomic E-state index is 11.9. The Morgan fingerprint density at radius 2 is 2.00 bits per heavy atom. The molecule has 0 fully saturated rings. The van der Waals surface area contributed by atoms with Crippen LogP contribution in [-0.4, -0.2) is 24.5 Å². The third-order valence-electron chi connectivity index (χ3n) is 4.23. The molecule has 2 rings (SSSR count). The number of hydrogen-bond donors (Lipinski definition) is 1. The molecule has 114 valence electrons. The van der Waals surface area contributed by atoms with Crippen molar-refractivity contribution in [3.63, 3.8) is 0 Å². The Kier molecular flexibility index (Phi) is 4.32. The Labute approximate surface area is 125 Å². The van der Waals surface area contributed by atoms with Crippen molar-refractivity contribution in [3.8, 4) is 0 Å². The van der Waals surface area contributed by atoms with E-state index in [0.717, 1.165) is 11.3 Å². The molecule has 2 N–H and O–H groups in total. The highest BCUT2D eigenvalue weighted by atomic mass is 16.5. The molecule has 1 heterocycles. The Morgan fingerprint density at radius 1 is 1.33 bits per heavy atom. The molecule has 0 spiro atoms. The van der Waals surface area contributed by atoms with E-state index < -0.39 is 0 Å². The van der Waals surface area contributed by atoms with Gasteiger partial charge in [-0.05, 0) is 43.5 Å². The number of anilines is 1. The number of carbonyl (C=O) groups excluding carboxylic acids is 2.